The smallest absolute Gasteiger partial charge is 0.255 e. The van der Waals surface area contributed by atoms with E-state index in [0.717, 1.165) is 5.56 Å². The highest BCUT2D eigenvalue weighted by Gasteiger charge is 2.13. The number of ether oxygens (including phenoxy) is 1. The van der Waals surface area contributed by atoms with Gasteiger partial charge in [0.2, 0.25) is 5.16 Å². The van der Waals surface area contributed by atoms with E-state index in [9.17, 15) is 9.18 Å². The molecule has 0 atom stereocenters. The molecule has 0 saturated heterocycles. The normalized spacial score (nSPS) is 10.7. The Bertz CT molecular complexity index is 1230. The molecule has 1 aromatic heterocycles. The number of amides is 1. The van der Waals surface area contributed by atoms with Gasteiger partial charge in [-0.15, -0.1) is 5.10 Å². The Kier molecular flexibility index (Phi) is 6.67. The molecule has 0 aliphatic carbocycles. The second kappa shape index (κ2) is 9.80. The van der Waals surface area contributed by atoms with Crippen molar-refractivity contribution in [2.24, 2.45) is 0 Å². The first kappa shape index (κ1) is 21.8. The highest BCUT2D eigenvalue weighted by Crippen LogP contribution is 2.28. The number of halogens is 2. The molecular formula is C22H17ClFN5O2S. The third-order valence-electron chi connectivity index (χ3n) is 4.51. The van der Waals surface area contributed by atoms with Gasteiger partial charge in [-0.05, 0) is 70.6 Å². The van der Waals surface area contributed by atoms with Gasteiger partial charge in [0, 0.05) is 16.3 Å². The molecule has 0 saturated carbocycles. The topological polar surface area (TPSA) is 81.9 Å². The van der Waals surface area contributed by atoms with Gasteiger partial charge in [0.05, 0.1) is 18.5 Å². The van der Waals surface area contributed by atoms with Crippen molar-refractivity contribution in [1.82, 2.24) is 20.2 Å². The van der Waals surface area contributed by atoms with Crippen molar-refractivity contribution in [3.8, 4) is 11.4 Å². The van der Waals surface area contributed by atoms with Crippen molar-refractivity contribution in [2.45, 2.75) is 10.9 Å². The lowest BCUT2D eigenvalue weighted by atomic mass is 10.2. The summed E-state index contributed by atoms with van der Waals surface area (Å²) in [5, 5.41) is 15.7. The van der Waals surface area contributed by atoms with E-state index in [-0.39, 0.29) is 11.7 Å². The van der Waals surface area contributed by atoms with E-state index < -0.39 is 0 Å². The Morgan fingerprint density at radius 2 is 1.88 bits per heavy atom. The van der Waals surface area contributed by atoms with Crippen LogP contribution in [0.25, 0.3) is 5.69 Å². The van der Waals surface area contributed by atoms with Gasteiger partial charge in [0.25, 0.3) is 5.91 Å². The Hall–Kier alpha value is -3.43. The van der Waals surface area contributed by atoms with Crippen LogP contribution in [0, 0.1) is 5.82 Å². The summed E-state index contributed by atoms with van der Waals surface area (Å²) >= 11 is 7.44. The van der Waals surface area contributed by atoms with Gasteiger partial charge < -0.3 is 10.1 Å². The number of tetrazole rings is 1. The van der Waals surface area contributed by atoms with Gasteiger partial charge in [-0.2, -0.15) is 4.68 Å². The zero-order chi connectivity index (χ0) is 22.5. The molecule has 0 fully saturated rings. The fourth-order valence-electron chi connectivity index (χ4n) is 2.89. The maximum atomic E-state index is 13.1. The number of nitrogens with one attached hydrogen (secondary N) is 1. The summed E-state index contributed by atoms with van der Waals surface area (Å²) in [4.78, 5) is 12.7. The second-order valence-corrected chi connectivity index (χ2v) is 8.01. The van der Waals surface area contributed by atoms with E-state index in [1.165, 1.54) is 31.0 Å². The molecule has 32 heavy (non-hydrogen) atoms. The molecule has 1 N–H and O–H groups in total. The molecular weight excluding hydrogens is 453 g/mol. The molecule has 0 unspecified atom stereocenters. The molecule has 1 heterocycles. The SMILES string of the molecule is COc1ccc(Cl)cc1NC(=O)c1ccc(-n2nnnc2SCc2ccc(F)cc2)cc1. The molecule has 4 rings (SSSR count). The van der Waals surface area contributed by atoms with Crippen LogP contribution in [0.1, 0.15) is 15.9 Å². The monoisotopic (exact) mass is 469 g/mol. The van der Waals surface area contributed by atoms with Gasteiger partial charge in [-0.1, -0.05) is 35.5 Å². The van der Waals surface area contributed by atoms with Gasteiger partial charge in [-0.25, -0.2) is 4.39 Å². The van der Waals surface area contributed by atoms with Gasteiger partial charge in [0.1, 0.15) is 11.6 Å². The fourth-order valence-corrected chi connectivity index (χ4v) is 3.90. The molecule has 1 amide bonds. The van der Waals surface area contributed by atoms with E-state index in [1.807, 2.05) is 0 Å². The van der Waals surface area contributed by atoms with Crippen LogP contribution in [-0.4, -0.2) is 33.2 Å². The first-order valence-corrected chi connectivity index (χ1v) is 10.8. The summed E-state index contributed by atoms with van der Waals surface area (Å²) < 4.78 is 19.9. The Morgan fingerprint density at radius 1 is 1.12 bits per heavy atom. The van der Waals surface area contributed by atoms with Crippen molar-refractivity contribution >= 4 is 35.0 Å². The Labute approximate surface area is 192 Å². The van der Waals surface area contributed by atoms with Crippen LogP contribution < -0.4 is 10.1 Å². The number of hydrogen-bond acceptors (Lipinski definition) is 6. The minimum Gasteiger partial charge on any atom is -0.495 e. The number of thioether (sulfide) groups is 1. The molecule has 0 aliphatic rings. The van der Waals surface area contributed by atoms with Crippen molar-refractivity contribution in [1.29, 1.82) is 0 Å². The summed E-state index contributed by atoms with van der Waals surface area (Å²) in [6.45, 7) is 0. The first-order chi connectivity index (χ1) is 15.5. The quantitative estimate of drug-likeness (QED) is 0.383. The van der Waals surface area contributed by atoms with Gasteiger partial charge >= 0.3 is 0 Å². The number of carbonyl (C=O) groups excluding carboxylic acids is 1. The summed E-state index contributed by atoms with van der Waals surface area (Å²) in [5.74, 6) is 0.514. The molecule has 162 valence electrons. The van der Waals surface area contributed by atoms with Crippen LogP contribution in [0.2, 0.25) is 5.02 Å². The van der Waals surface area contributed by atoms with Crippen LogP contribution in [0.15, 0.2) is 71.9 Å². The van der Waals surface area contributed by atoms with Crippen LogP contribution in [0.3, 0.4) is 0 Å². The van der Waals surface area contributed by atoms with E-state index in [4.69, 9.17) is 16.3 Å². The minimum absolute atomic E-state index is 0.276. The third-order valence-corrected chi connectivity index (χ3v) is 5.73. The predicted octanol–water partition coefficient (Wildman–Crippen LogP) is 5.01. The van der Waals surface area contributed by atoms with Gasteiger partial charge in [0.15, 0.2) is 0 Å². The third kappa shape index (κ3) is 5.06. The highest BCUT2D eigenvalue weighted by atomic mass is 35.5. The number of methoxy groups -OCH3 is 1. The molecule has 0 aliphatic heterocycles. The molecule has 4 aromatic rings. The number of rotatable bonds is 7. The summed E-state index contributed by atoms with van der Waals surface area (Å²) in [5.41, 5.74) is 2.58. The average molecular weight is 470 g/mol. The largest absolute Gasteiger partial charge is 0.495 e. The van der Waals surface area contributed by atoms with Crippen molar-refractivity contribution in [3.63, 3.8) is 0 Å². The van der Waals surface area contributed by atoms with Crippen LogP contribution in [0.5, 0.6) is 5.75 Å². The second-order valence-electron chi connectivity index (χ2n) is 6.63. The van der Waals surface area contributed by atoms with E-state index in [0.29, 0.717) is 38.6 Å². The lowest BCUT2D eigenvalue weighted by Gasteiger charge is -2.11. The number of benzene rings is 3. The first-order valence-electron chi connectivity index (χ1n) is 9.44. The van der Waals surface area contributed by atoms with Crippen LogP contribution in [-0.2, 0) is 5.75 Å². The standard InChI is InChI=1S/C22H17ClFN5O2S/c1-31-20-11-6-16(23)12-19(20)25-21(30)15-4-9-18(10-5-15)29-22(26-27-28-29)32-13-14-2-7-17(24)8-3-14/h2-12H,13H2,1H3,(H,25,30). The van der Waals surface area contributed by atoms with Crippen molar-refractivity contribution in [2.75, 3.05) is 12.4 Å². The maximum Gasteiger partial charge on any atom is 0.255 e. The average Bonchev–Trinajstić information content (AvgIpc) is 3.27. The summed E-state index contributed by atoms with van der Waals surface area (Å²) in [6, 6.07) is 18.1. The summed E-state index contributed by atoms with van der Waals surface area (Å²) in [6.07, 6.45) is 0. The summed E-state index contributed by atoms with van der Waals surface area (Å²) in [7, 11) is 1.52. The number of nitrogens with zero attached hydrogens (tertiary/aromatic N) is 4. The zero-order valence-corrected chi connectivity index (χ0v) is 18.4. The molecule has 7 nitrogen and oxygen atoms in total. The zero-order valence-electron chi connectivity index (χ0n) is 16.8. The number of carbonyl (C=O) groups is 1. The van der Waals surface area contributed by atoms with E-state index >= 15 is 0 Å². The number of aromatic nitrogens is 4. The fraction of sp³-hybridized carbons (Fsp3) is 0.0909. The van der Waals surface area contributed by atoms with Crippen LogP contribution in [0.4, 0.5) is 10.1 Å². The molecule has 0 radical (unpaired) electrons. The minimum atomic E-state index is -0.306. The Morgan fingerprint density at radius 3 is 2.59 bits per heavy atom. The molecule has 0 bridgehead atoms. The highest BCUT2D eigenvalue weighted by molar-refractivity contribution is 7.98. The van der Waals surface area contributed by atoms with Crippen molar-refractivity contribution < 1.29 is 13.9 Å². The van der Waals surface area contributed by atoms with Crippen molar-refractivity contribution in [3.05, 3.63) is 88.7 Å². The van der Waals surface area contributed by atoms with E-state index in [2.05, 4.69) is 20.8 Å². The van der Waals surface area contributed by atoms with E-state index in [1.54, 1.807) is 59.3 Å². The maximum absolute atomic E-state index is 13.1. The molecule has 3 aromatic carbocycles. The number of anilines is 1. The molecule has 0 spiro atoms. The lowest BCUT2D eigenvalue weighted by molar-refractivity contribution is 0.102. The Balaban J connectivity index is 1.46. The predicted molar refractivity (Wildman–Crippen MR) is 121 cm³/mol. The number of hydrogen-bond donors (Lipinski definition) is 1. The lowest BCUT2D eigenvalue weighted by Crippen LogP contribution is -2.13. The van der Waals surface area contributed by atoms with Crippen LogP contribution >= 0.6 is 23.4 Å². The van der Waals surface area contributed by atoms with Gasteiger partial charge in [-0.3, -0.25) is 4.79 Å². The molecule has 10 heteroatoms.